The van der Waals surface area contributed by atoms with Gasteiger partial charge >= 0.3 is 0 Å². The highest BCUT2D eigenvalue weighted by Crippen LogP contribution is 2.22. The molecule has 3 aliphatic heterocycles. The van der Waals surface area contributed by atoms with Gasteiger partial charge in [-0.15, -0.1) is 0 Å². The van der Waals surface area contributed by atoms with E-state index in [1.807, 2.05) is 4.90 Å². The van der Waals surface area contributed by atoms with Crippen LogP contribution in [-0.2, 0) is 19.6 Å². The second-order valence-electron chi connectivity index (χ2n) is 8.07. The van der Waals surface area contributed by atoms with Crippen LogP contribution >= 0.6 is 0 Å². The number of anilines is 1. The average molecular weight is 438 g/mol. The number of hydrogen-bond donors (Lipinski definition) is 0. The molecule has 3 fully saturated rings. The normalized spacial score (nSPS) is 22.3. The summed E-state index contributed by atoms with van der Waals surface area (Å²) in [5.41, 5.74) is 0. The van der Waals surface area contributed by atoms with Crippen LogP contribution in [0.5, 0.6) is 0 Å². The minimum atomic E-state index is -3.46. The molecule has 10 heteroatoms. The van der Waals surface area contributed by atoms with Gasteiger partial charge < -0.3 is 14.5 Å². The van der Waals surface area contributed by atoms with E-state index in [0.29, 0.717) is 59.0 Å². The zero-order chi connectivity index (χ0) is 21.0. The molecule has 1 aromatic rings. The number of morpholine rings is 1. The molecule has 0 atom stereocenters. The topological polar surface area (TPSA) is 86.3 Å². The quantitative estimate of drug-likeness (QED) is 0.652. The summed E-state index contributed by atoms with van der Waals surface area (Å²) in [5.74, 6) is 0.917. The number of carbonyl (C=O) groups excluding carboxylic acids is 1. The van der Waals surface area contributed by atoms with Crippen molar-refractivity contribution >= 4 is 21.7 Å². The Kier molecular flexibility index (Phi) is 6.87. The number of amides is 1. The van der Waals surface area contributed by atoms with Crippen LogP contribution in [0.3, 0.4) is 0 Å². The van der Waals surface area contributed by atoms with E-state index in [9.17, 15) is 13.2 Å². The van der Waals surface area contributed by atoms with Crippen molar-refractivity contribution < 1.29 is 17.9 Å². The van der Waals surface area contributed by atoms with E-state index in [4.69, 9.17) is 4.74 Å². The zero-order valence-electron chi connectivity index (χ0n) is 17.4. The third-order valence-corrected chi connectivity index (χ3v) is 7.97. The number of sulfonamides is 1. The van der Waals surface area contributed by atoms with Crippen molar-refractivity contribution in [2.24, 2.45) is 0 Å². The van der Waals surface area contributed by atoms with E-state index in [1.54, 1.807) is 16.4 Å². The van der Waals surface area contributed by atoms with Crippen molar-refractivity contribution in [1.82, 2.24) is 19.1 Å². The van der Waals surface area contributed by atoms with Gasteiger partial charge in [-0.25, -0.2) is 13.4 Å². The van der Waals surface area contributed by atoms with E-state index in [1.165, 1.54) is 6.20 Å². The van der Waals surface area contributed by atoms with Gasteiger partial charge in [-0.2, -0.15) is 4.31 Å². The number of nitrogens with zero attached hydrogens (tertiary/aromatic N) is 5. The van der Waals surface area contributed by atoms with Gasteiger partial charge in [0.2, 0.25) is 15.9 Å². The lowest BCUT2D eigenvalue weighted by molar-refractivity contribution is -0.133. The molecule has 1 amide bonds. The second kappa shape index (κ2) is 9.59. The number of aromatic nitrogens is 1. The van der Waals surface area contributed by atoms with Crippen LogP contribution < -0.4 is 4.90 Å². The first-order valence-electron chi connectivity index (χ1n) is 10.8. The molecule has 0 bridgehead atoms. The molecule has 3 saturated heterocycles. The molecule has 4 rings (SSSR count). The Morgan fingerprint density at radius 2 is 1.63 bits per heavy atom. The van der Waals surface area contributed by atoms with Crippen LogP contribution in [-0.4, -0.2) is 106 Å². The molecule has 0 N–H and O–H groups in total. The van der Waals surface area contributed by atoms with Gasteiger partial charge in [0.25, 0.3) is 0 Å². The third kappa shape index (κ3) is 4.93. The fraction of sp³-hybridized carbons (Fsp3) is 0.700. The standard InChI is InChI=1S/C20H31N5O4S/c26-20(17-22-12-14-29-15-13-22)24-10-8-23(9-11-24)19-5-4-18(16-21-19)30(27,28)25-6-2-1-3-7-25/h4-5,16H,1-3,6-15,17H2. The van der Waals surface area contributed by atoms with Gasteiger partial charge in [-0.3, -0.25) is 9.69 Å². The monoisotopic (exact) mass is 437 g/mol. The summed E-state index contributed by atoms with van der Waals surface area (Å²) in [6.07, 6.45) is 4.39. The molecule has 166 valence electrons. The summed E-state index contributed by atoms with van der Waals surface area (Å²) in [6.45, 7) is 7.31. The van der Waals surface area contributed by atoms with E-state index in [2.05, 4.69) is 14.8 Å². The fourth-order valence-electron chi connectivity index (χ4n) is 4.20. The maximum Gasteiger partial charge on any atom is 0.244 e. The lowest BCUT2D eigenvalue weighted by atomic mass is 10.2. The Labute approximate surface area is 178 Å². The molecular formula is C20H31N5O4S. The van der Waals surface area contributed by atoms with E-state index in [0.717, 1.165) is 38.2 Å². The first-order valence-corrected chi connectivity index (χ1v) is 12.3. The predicted molar refractivity (Wildman–Crippen MR) is 113 cm³/mol. The summed E-state index contributed by atoms with van der Waals surface area (Å²) < 4.78 is 32.4. The Balaban J connectivity index is 1.31. The van der Waals surface area contributed by atoms with Gasteiger partial charge in [0.1, 0.15) is 10.7 Å². The minimum Gasteiger partial charge on any atom is -0.379 e. The van der Waals surface area contributed by atoms with E-state index >= 15 is 0 Å². The van der Waals surface area contributed by atoms with Gasteiger partial charge in [-0.1, -0.05) is 6.42 Å². The summed E-state index contributed by atoms with van der Waals surface area (Å²) in [7, 11) is -3.46. The fourth-order valence-corrected chi connectivity index (χ4v) is 5.66. The van der Waals surface area contributed by atoms with Crippen molar-refractivity contribution in [3.05, 3.63) is 18.3 Å². The molecule has 0 radical (unpaired) electrons. The van der Waals surface area contributed by atoms with Gasteiger partial charge in [0, 0.05) is 58.6 Å². The predicted octanol–water partition coefficient (Wildman–Crippen LogP) is 0.237. The summed E-state index contributed by atoms with van der Waals surface area (Å²) in [5, 5.41) is 0. The molecule has 0 aliphatic carbocycles. The molecule has 4 heterocycles. The highest BCUT2D eigenvalue weighted by molar-refractivity contribution is 7.89. The summed E-state index contributed by atoms with van der Waals surface area (Å²) in [6, 6.07) is 3.43. The molecule has 30 heavy (non-hydrogen) atoms. The Hall–Kier alpha value is -1.75. The van der Waals surface area contributed by atoms with Crippen molar-refractivity contribution in [1.29, 1.82) is 0 Å². The van der Waals surface area contributed by atoms with Crippen molar-refractivity contribution in [2.45, 2.75) is 24.2 Å². The van der Waals surface area contributed by atoms with Crippen LogP contribution in [0.25, 0.3) is 0 Å². The number of pyridine rings is 1. The highest BCUT2D eigenvalue weighted by atomic mass is 32.2. The Morgan fingerprint density at radius 1 is 0.933 bits per heavy atom. The molecular weight excluding hydrogens is 406 g/mol. The SMILES string of the molecule is O=C(CN1CCOCC1)N1CCN(c2ccc(S(=O)(=O)N3CCCCC3)cn2)CC1. The van der Waals surface area contributed by atoms with E-state index < -0.39 is 10.0 Å². The number of rotatable bonds is 5. The Morgan fingerprint density at radius 3 is 2.27 bits per heavy atom. The lowest BCUT2D eigenvalue weighted by Gasteiger charge is -2.37. The maximum absolute atomic E-state index is 12.8. The molecule has 1 aromatic heterocycles. The molecule has 0 unspecified atom stereocenters. The smallest absolute Gasteiger partial charge is 0.244 e. The lowest BCUT2D eigenvalue weighted by Crippen LogP contribution is -2.52. The summed E-state index contributed by atoms with van der Waals surface area (Å²) in [4.78, 5) is 23.4. The molecule has 3 aliphatic rings. The van der Waals surface area contributed by atoms with Crippen LogP contribution in [0.1, 0.15) is 19.3 Å². The van der Waals surface area contributed by atoms with Gasteiger partial charge in [0.05, 0.1) is 19.8 Å². The zero-order valence-corrected chi connectivity index (χ0v) is 18.2. The van der Waals surface area contributed by atoms with Crippen molar-refractivity contribution in [3.8, 4) is 0 Å². The van der Waals surface area contributed by atoms with Crippen molar-refractivity contribution in [3.63, 3.8) is 0 Å². The average Bonchev–Trinajstić information content (AvgIpc) is 2.80. The third-order valence-electron chi connectivity index (χ3n) is 6.09. The summed E-state index contributed by atoms with van der Waals surface area (Å²) >= 11 is 0. The number of piperidine rings is 1. The number of hydrogen-bond acceptors (Lipinski definition) is 7. The number of carbonyl (C=O) groups is 1. The Bertz CT molecular complexity index is 812. The van der Waals surface area contributed by atoms with E-state index in [-0.39, 0.29) is 10.8 Å². The molecule has 0 saturated carbocycles. The maximum atomic E-state index is 12.8. The van der Waals surface area contributed by atoms with Crippen LogP contribution in [0.2, 0.25) is 0 Å². The number of piperazine rings is 1. The second-order valence-corrected chi connectivity index (χ2v) is 10.0. The van der Waals surface area contributed by atoms with Crippen LogP contribution in [0.15, 0.2) is 23.2 Å². The molecule has 0 aromatic carbocycles. The molecule has 0 spiro atoms. The molecule has 9 nitrogen and oxygen atoms in total. The van der Waals surface area contributed by atoms with Crippen LogP contribution in [0.4, 0.5) is 5.82 Å². The van der Waals surface area contributed by atoms with Crippen LogP contribution in [0, 0.1) is 0 Å². The van der Waals surface area contributed by atoms with Gasteiger partial charge in [0.15, 0.2) is 0 Å². The number of ether oxygens (including phenoxy) is 1. The first-order chi connectivity index (χ1) is 14.5. The largest absolute Gasteiger partial charge is 0.379 e. The van der Waals surface area contributed by atoms with Gasteiger partial charge in [-0.05, 0) is 25.0 Å². The van der Waals surface area contributed by atoms with Crippen molar-refractivity contribution in [2.75, 3.05) is 77.0 Å². The minimum absolute atomic E-state index is 0.160. The first kappa shape index (κ1) is 21.5. The highest BCUT2D eigenvalue weighted by Gasteiger charge is 2.27.